The minimum absolute atomic E-state index is 0.403. The molecule has 3 saturated heterocycles. The molecule has 0 saturated carbocycles. The Morgan fingerprint density at radius 1 is 0.931 bits per heavy atom. The first kappa shape index (κ1) is 20.4. The van der Waals surface area contributed by atoms with Crippen LogP contribution in [0.2, 0.25) is 0 Å². The van der Waals surface area contributed by atoms with E-state index in [0.717, 1.165) is 0 Å². The number of hydrogen-bond donors (Lipinski definition) is 1. The molecule has 3 aliphatic rings. The summed E-state index contributed by atoms with van der Waals surface area (Å²) in [7, 11) is 3.07. The SMILES string of the molecule is COc1ccc(OC)c(NC(=O)[C@@H]2O[C@@H]3OC(C)(C)O[C@@H]3[C@H]3OC(C)(C)O[C@H]32)c1. The Balaban J connectivity index is 1.60. The monoisotopic (exact) mass is 409 g/mol. The Bertz CT molecular complexity index is 795. The highest BCUT2D eigenvalue weighted by Gasteiger charge is 2.62. The molecule has 0 bridgehead atoms. The molecule has 1 N–H and O–H groups in total. The van der Waals surface area contributed by atoms with Crippen molar-refractivity contribution in [3.63, 3.8) is 0 Å². The van der Waals surface area contributed by atoms with Crippen molar-refractivity contribution in [1.82, 2.24) is 0 Å². The maximum absolute atomic E-state index is 13.2. The van der Waals surface area contributed by atoms with Crippen LogP contribution in [0.3, 0.4) is 0 Å². The van der Waals surface area contributed by atoms with Gasteiger partial charge in [0.25, 0.3) is 5.91 Å². The van der Waals surface area contributed by atoms with Crippen LogP contribution >= 0.6 is 0 Å². The van der Waals surface area contributed by atoms with Gasteiger partial charge in [-0.25, -0.2) is 0 Å². The summed E-state index contributed by atoms with van der Waals surface area (Å²) in [6.45, 7) is 7.17. The smallest absolute Gasteiger partial charge is 0.256 e. The van der Waals surface area contributed by atoms with Crippen LogP contribution in [0.4, 0.5) is 5.69 Å². The summed E-state index contributed by atoms with van der Waals surface area (Å²) in [6.07, 6.45) is -3.36. The molecule has 1 aromatic rings. The average molecular weight is 409 g/mol. The quantitative estimate of drug-likeness (QED) is 0.808. The molecule has 0 unspecified atom stereocenters. The molecule has 3 heterocycles. The van der Waals surface area contributed by atoms with Gasteiger partial charge in [-0.15, -0.1) is 0 Å². The van der Waals surface area contributed by atoms with Crippen molar-refractivity contribution in [3.8, 4) is 11.5 Å². The molecular formula is C20H27NO8. The molecule has 5 atom stereocenters. The van der Waals surface area contributed by atoms with Crippen LogP contribution in [0.25, 0.3) is 0 Å². The summed E-state index contributed by atoms with van der Waals surface area (Å²) in [5, 5.41) is 2.85. The van der Waals surface area contributed by atoms with Crippen LogP contribution in [0, 0.1) is 0 Å². The van der Waals surface area contributed by atoms with Crippen molar-refractivity contribution < 1.29 is 38.0 Å². The zero-order valence-electron chi connectivity index (χ0n) is 17.4. The van der Waals surface area contributed by atoms with Gasteiger partial charge in [-0.2, -0.15) is 0 Å². The second-order valence-corrected chi connectivity index (χ2v) is 8.15. The van der Waals surface area contributed by atoms with Gasteiger partial charge in [0.15, 0.2) is 24.0 Å². The van der Waals surface area contributed by atoms with Crippen LogP contribution in [0.15, 0.2) is 18.2 Å². The summed E-state index contributed by atoms with van der Waals surface area (Å²) in [6, 6.07) is 5.13. The number of methoxy groups -OCH3 is 2. The second kappa shape index (κ2) is 7.10. The highest BCUT2D eigenvalue weighted by atomic mass is 16.9. The molecular weight excluding hydrogens is 382 g/mol. The van der Waals surface area contributed by atoms with Crippen LogP contribution in [0.5, 0.6) is 11.5 Å². The Kier molecular flexibility index (Phi) is 4.99. The third kappa shape index (κ3) is 3.80. The maximum atomic E-state index is 13.2. The van der Waals surface area contributed by atoms with E-state index in [1.165, 1.54) is 7.11 Å². The number of benzene rings is 1. The number of carbonyl (C=O) groups is 1. The van der Waals surface area contributed by atoms with Gasteiger partial charge in [-0.05, 0) is 39.8 Å². The lowest BCUT2D eigenvalue weighted by Crippen LogP contribution is -2.58. The number of anilines is 1. The van der Waals surface area contributed by atoms with Gasteiger partial charge >= 0.3 is 0 Å². The molecule has 3 fully saturated rings. The van der Waals surface area contributed by atoms with E-state index in [4.69, 9.17) is 33.2 Å². The lowest BCUT2D eigenvalue weighted by atomic mass is 9.98. The van der Waals surface area contributed by atoms with E-state index in [0.29, 0.717) is 17.2 Å². The third-order valence-electron chi connectivity index (χ3n) is 5.08. The number of hydrogen-bond acceptors (Lipinski definition) is 8. The molecule has 0 radical (unpaired) electrons. The lowest BCUT2D eigenvalue weighted by molar-refractivity contribution is -0.229. The fraction of sp³-hybridized carbons (Fsp3) is 0.650. The summed E-state index contributed by atoms with van der Waals surface area (Å²) < 4.78 is 40.4. The maximum Gasteiger partial charge on any atom is 0.256 e. The highest BCUT2D eigenvalue weighted by molar-refractivity contribution is 5.96. The minimum Gasteiger partial charge on any atom is -0.497 e. The van der Waals surface area contributed by atoms with Gasteiger partial charge in [-0.3, -0.25) is 4.79 Å². The second-order valence-electron chi connectivity index (χ2n) is 8.15. The van der Waals surface area contributed by atoms with Crippen LogP contribution in [-0.2, 0) is 28.5 Å². The number of carbonyl (C=O) groups excluding carboxylic acids is 1. The van der Waals surface area contributed by atoms with Crippen molar-refractivity contribution in [2.75, 3.05) is 19.5 Å². The van der Waals surface area contributed by atoms with Crippen molar-refractivity contribution in [1.29, 1.82) is 0 Å². The van der Waals surface area contributed by atoms with E-state index in [9.17, 15) is 4.79 Å². The van der Waals surface area contributed by atoms with Gasteiger partial charge in [0.05, 0.1) is 19.9 Å². The van der Waals surface area contributed by atoms with Gasteiger partial charge in [-0.1, -0.05) is 0 Å². The molecule has 9 nitrogen and oxygen atoms in total. The highest BCUT2D eigenvalue weighted by Crippen LogP contribution is 2.44. The van der Waals surface area contributed by atoms with E-state index in [-0.39, 0.29) is 0 Å². The molecule has 29 heavy (non-hydrogen) atoms. The van der Waals surface area contributed by atoms with E-state index >= 15 is 0 Å². The number of nitrogens with one attached hydrogen (secondary N) is 1. The van der Waals surface area contributed by atoms with Gasteiger partial charge < -0.3 is 38.5 Å². The largest absolute Gasteiger partial charge is 0.497 e. The van der Waals surface area contributed by atoms with Crippen LogP contribution in [-0.4, -0.2) is 62.4 Å². The van der Waals surface area contributed by atoms with Crippen molar-refractivity contribution in [2.45, 2.75) is 70.0 Å². The van der Waals surface area contributed by atoms with E-state index in [1.807, 2.05) is 0 Å². The first-order valence-corrected chi connectivity index (χ1v) is 9.52. The number of rotatable bonds is 4. The number of fused-ring (bicyclic) bond motifs is 3. The molecule has 4 rings (SSSR count). The Hall–Kier alpha value is -1.91. The fourth-order valence-electron chi connectivity index (χ4n) is 3.94. The molecule has 1 aromatic carbocycles. The standard InChI is InChI=1S/C20H27NO8/c1-19(2)26-13-14(27-19)16-18(29-20(3,4)28-16)25-15(13)17(22)21-11-9-10(23-5)7-8-12(11)24-6/h7-9,13-16,18H,1-6H3,(H,21,22)/t13-,14+,15-,16-,18-/m1/s1. The molecule has 1 amide bonds. The minimum atomic E-state index is -0.962. The lowest BCUT2D eigenvalue weighted by Gasteiger charge is -2.36. The summed E-state index contributed by atoms with van der Waals surface area (Å²) in [4.78, 5) is 13.2. The van der Waals surface area contributed by atoms with E-state index < -0.39 is 48.2 Å². The zero-order valence-corrected chi connectivity index (χ0v) is 17.4. The Morgan fingerprint density at radius 2 is 1.59 bits per heavy atom. The van der Waals surface area contributed by atoms with Gasteiger partial charge in [0, 0.05) is 6.07 Å². The predicted molar refractivity (Wildman–Crippen MR) is 101 cm³/mol. The summed E-state index contributed by atoms with van der Waals surface area (Å²) in [5.74, 6) is -1.05. The van der Waals surface area contributed by atoms with Crippen LogP contribution < -0.4 is 14.8 Å². The van der Waals surface area contributed by atoms with Gasteiger partial charge in [0.1, 0.15) is 29.8 Å². The normalized spacial score (nSPS) is 34.2. The number of amides is 1. The topological polar surface area (TPSA) is 93.7 Å². The Labute approximate surface area is 169 Å². The molecule has 9 heteroatoms. The van der Waals surface area contributed by atoms with Gasteiger partial charge in [0.2, 0.25) is 0 Å². The molecule has 3 aliphatic heterocycles. The van der Waals surface area contributed by atoms with Crippen LogP contribution in [0.1, 0.15) is 27.7 Å². The Morgan fingerprint density at radius 3 is 2.28 bits per heavy atom. The van der Waals surface area contributed by atoms with Crippen molar-refractivity contribution >= 4 is 11.6 Å². The van der Waals surface area contributed by atoms with Crippen molar-refractivity contribution in [3.05, 3.63) is 18.2 Å². The molecule has 160 valence electrons. The van der Waals surface area contributed by atoms with E-state index in [1.54, 1.807) is 53.0 Å². The van der Waals surface area contributed by atoms with Crippen molar-refractivity contribution in [2.24, 2.45) is 0 Å². The number of ether oxygens (including phenoxy) is 7. The zero-order chi connectivity index (χ0) is 21.0. The first-order valence-electron chi connectivity index (χ1n) is 9.52. The molecule has 0 aromatic heterocycles. The molecule has 0 spiro atoms. The fourth-order valence-corrected chi connectivity index (χ4v) is 3.94. The average Bonchev–Trinajstić information content (AvgIpc) is 3.14. The third-order valence-corrected chi connectivity index (χ3v) is 5.08. The van der Waals surface area contributed by atoms with E-state index in [2.05, 4.69) is 5.32 Å². The first-order chi connectivity index (χ1) is 13.6. The summed E-state index contributed by atoms with van der Waals surface area (Å²) >= 11 is 0. The molecule has 0 aliphatic carbocycles. The summed E-state index contributed by atoms with van der Waals surface area (Å²) in [5.41, 5.74) is 0.459. The predicted octanol–water partition coefficient (Wildman–Crippen LogP) is 2.04.